The van der Waals surface area contributed by atoms with Crippen LogP contribution in [-0.2, 0) is 0 Å². The van der Waals surface area contributed by atoms with Gasteiger partial charge in [-0.1, -0.05) is 12.1 Å². The van der Waals surface area contributed by atoms with Gasteiger partial charge in [0, 0.05) is 17.0 Å². The molecule has 3 nitrogen and oxygen atoms in total. The molecule has 0 radical (unpaired) electrons. The molecular formula is C8H10NO2+. The summed E-state index contributed by atoms with van der Waals surface area (Å²) in [4.78, 5) is 10.8. The second-order valence-corrected chi connectivity index (χ2v) is 2.36. The first-order valence-corrected chi connectivity index (χ1v) is 3.36. The van der Waals surface area contributed by atoms with Crippen LogP contribution in [0.1, 0.15) is 5.56 Å². The van der Waals surface area contributed by atoms with E-state index in [0.29, 0.717) is 10.4 Å². The quantitative estimate of drug-likeness (QED) is 0.513. The summed E-state index contributed by atoms with van der Waals surface area (Å²) in [6.45, 7) is 1.40. The molecular weight excluding hydrogens is 142 g/mol. The maximum atomic E-state index is 10.8. The van der Waals surface area contributed by atoms with Crippen LogP contribution in [0.3, 0.4) is 0 Å². The van der Waals surface area contributed by atoms with E-state index in [4.69, 9.17) is 5.11 Å². The molecule has 0 aliphatic heterocycles. The molecule has 0 bridgehead atoms. The van der Waals surface area contributed by atoms with Crippen LogP contribution in [0, 0.1) is 11.8 Å². The minimum absolute atomic E-state index is 0.493. The number of benzene rings is 1. The third kappa shape index (κ3) is 1.85. The lowest BCUT2D eigenvalue weighted by molar-refractivity contribution is -0.505. The Morgan fingerprint density at radius 3 is 2.82 bits per heavy atom. The molecule has 1 aromatic carbocycles. The maximum absolute atomic E-state index is 10.8. The molecule has 0 fully saturated rings. The van der Waals surface area contributed by atoms with Gasteiger partial charge < -0.3 is 5.11 Å². The van der Waals surface area contributed by atoms with Crippen LogP contribution >= 0.6 is 0 Å². The van der Waals surface area contributed by atoms with E-state index in [9.17, 15) is 4.91 Å². The largest absolute Gasteiger partial charge is 0.336 e. The Hall–Kier alpha value is -1.22. The zero-order chi connectivity index (χ0) is 8.27. The Morgan fingerprint density at radius 1 is 1.55 bits per heavy atom. The first-order valence-electron chi connectivity index (χ1n) is 3.36. The van der Waals surface area contributed by atoms with Crippen LogP contribution in [-0.4, -0.2) is 16.6 Å². The Kier molecular flexibility index (Phi) is 2.33. The lowest BCUT2D eigenvalue weighted by Crippen LogP contribution is -2.01. The molecule has 0 atom stereocenters. The lowest BCUT2D eigenvalue weighted by Gasteiger charge is -1.90. The summed E-state index contributed by atoms with van der Waals surface area (Å²) in [5, 5.41) is 8.49. The monoisotopic (exact) mass is 152 g/mol. The number of aryl methyl sites for hydroxylation is 1. The summed E-state index contributed by atoms with van der Waals surface area (Å²) in [5.41, 5.74) is 1.50. The standard InChI is InChI=1S/C8H10NO2/c1-7-3-2-4-8(5-7)9(11)6-10/h2-5,10H,6H2,1H3/q+1. The molecule has 0 saturated heterocycles. The van der Waals surface area contributed by atoms with E-state index >= 15 is 0 Å². The highest BCUT2D eigenvalue weighted by atomic mass is 16.4. The van der Waals surface area contributed by atoms with Crippen molar-refractivity contribution in [2.24, 2.45) is 0 Å². The van der Waals surface area contributed by atoms with Gasteiger partial charge in [-0.2, -0.15) is 0 Å². The van der Waals surface area contributed by atoms with Gasteiger partial charge in [-0.15, -0.1) is 0 Å². The molecule has 1 rings (SSSR count). The molecule has 0 unspecified atom stereocenters. The molecule has 0 heterocycles. The molecule has 3 heteroatoms. The number of nitrogens with zero attached hydrogens (tertiary/aromatic N) is 1. The fraction of sp³-hybridized carbons (Fsp3) is 0.250. The van der Waals surface area contributed by atoms with Crippen molar-refractivity contribution in [3.63, 3.8) is 0 Å². The smallest absolute Gasteiger partial charge is 0.299 e. The van der Waals surface area contributed by atoms with E-state index in [-0.39, 0.29) is 0 Å². The molecule has 0 aromatic heterocycles. The summed E-state index contributed by atoms with van der Waals surface area (Å²) < 4.78 is 0.535. The molecule has 1 aromatic rings. The number of rotatable bonds is 2. The van der Waals surface area contributed by atoms with Crippen molar-refractivity contribution >= 4 is 5.69 Å². The summed E-state index contributed by atoms with van der Waals surface area (Å²) >= 11 is 0. The molecule has 0 spiro atoms. The van der Waals surface area contributed by atoms with Crippen LogP contribution in [0.2, 0.25) is 0 Å². The summed E-state index contributed by atoms with van der Waals surface area (Å²) in [7, 11) is 0. The number of hydrogen-bond acceptors (Lipinski definition) is 2. The second kappa shape index (κ2) is 3.25. The average Bonchev–Trinajstić information content (AvgIpc) is 2.03. The molecule has 11 heavy (non-hydrogen) atoms. The highest BCUT2D eigenvalue weighted by Crippen LogP contribution is 2.11. The topological polar surface area (TPSA) is 40.3 Å². The highest BCUT2D eigenvalue weighted by Gasteiger charge is 2.09. The fourth-order valence-corrected chi connectivity index (χ4v) is 0.865. The summed E-state index contributed by atoms with van der Waals surface area (Å²) in [6.07, 6.45) is 0. The van der Waals surface area contributed by atoms with E-state index in [2.05, 4.69) is 0 Å². The number of nitroso groups, excluding NO2 is 1. The van der Waals surface area contributed by atoms with Crippen molar-refractivity contribution in [1.29, 1.82) is 0 Å². The SMILES string of the molecule is Cc1cccc([N+](=O)CO)c1. The zero-order valence-corrected chi connectivity index (χ0v) is 6.32. The van der Waals surface area contributed by atoms with Gasteiger partial charge in [0.1, 0.15) is 0 Å². The third-order valence-corrected chi connectivity index (χ3v) is 1.42. The van der Waals surface area contributed by atoms with E-state index < -0.39 is 6.73 Å². The van der Waals surface area contributed by atoms with Gasteiger partial charge in [0.2, 0.25) is 0 Å². The van der Waals surface area contributed by atoms with Crippen LogP contribution in [0.25, 0.3) is 0 Å². The van der Waals surface area contributed by atoms with Crippen molar-refractivity contribution in [3.8, 4) is 0 Å². The summed E-state index contributed by atoms with van der Waals surface area (Å²) in [5.74, 6) is 0. The zero-order valence-electron chi connectivity index (χ0n) is 6.32. The van der Waals surface area contributed by atoms with E-state index in [0.717, 1.165) is 5.56 Å². The van der Waals surface area contributed by atoms with Gasteiger partial charge in [0.05, 0.1) is 4.76 Å². The molecule has 0 amide bonds. The van der Waals surface area contributed by atoms with Crippen molar-refractivity contribution in [2.75, 3.05) is 6.73 Å². The first-order chi connectivity index (χ1) is 5.24. The summed E-state index contributed by atoms with van der Waals surface area (Å²) in [6, 6.07) is 7.07. The van der Waals surface area contributed by atoms with Gasteiger partial charge in [0.15, 0.2) is 0 Å². The minimum Gasteiger partial charge on any atom is -0.336 e. The first kappa shape index (κ1) is 7.88. The van der Waals surface area contributed by atoms with Crippen LogP contribution in [0.5, 0.6) is 0 Å². The predicted octanol–water partition coefficient (Wildman–Crippen LogP) is 1.36. The predicted molar refractivity (Wildman–Crippen MR) is 41.6 cm³/mol. The van der Waals surface area contributed by atoms with Crippen molar-refractivity contribution in [2.45, 2.75) is 6.92 Å². The Balaban J connectivity index is 2.96. The van der Waals surface area contributed by atoms with Gasteiger partial charge in [-0.05, 0) is 12.5 Å². The van der Waals surface area contributed by atoms with Gasteiger partial charge in [-0.25, -0.2) is 0 Å². The Morgan fingerprint density at radius 2 is 2.27 bits per heavy atom. The highest BCUT2D eigenvalue weighted by molar-refractivity contribution is 5.33. The van der Waals surface area contributed by atoms with Crippen molar-refractivity contribution < 1.29 is 9.87 Å². The average molecular weight is 152 g/mol. The molecule has 58 valence electrons. The fourth-order valence-electron chi connectivity index (χ4n) is 0.865. The van der Waals surface area contributed by atoms with Gasteiger partial charge in [0.25, 0.3) is 12.4 Å². The van der Waals surface area contributed by atoms with E-state index in [1.807, 2.05) is 13.0 Å². The van der Waals surface area contributed by atoms with E-state index in [1.165, 1.54) is 0 Å². The molecule has 0 saturated carbocycles. The Labute approximate surface area is 64.9 Å². The normalized spacial score (nSPS) is 9.64. The van der Waals surface area contributed by atoms with Gasteiger partial charge in [-0.3, -0.25) is 0 Å². The van der Waals surface area contributed by atoms with Crippen molar-refractivity contribution in [1.82, 2.24) is 0 Å². The number of aliphatic hydroxyl groups excluding tert-OH is 1. The van der Waals surface area contributed by atoms with Gasteiger partial charge >= 0.3 is 0 Å². The Bertz CT molecular complexity index is 271. The maximum Gasteiger partial charge on any atom is 0.299 e. The lowest BCUT2D eigenvalue weighted by atomic mass is 10.2. The molecule has 0 aliphatic carbocycles. The molecule has 0 aliphatic rings. The number of aliphatic hydroxyl groups is 1. The minimum atomic E-state index is -0.497. The molecule has 1 N–H and O–H groups in total. The third-order valence-electron chi connectivity index (χ3n) is 1.42. The van der Waals surface area contributed by atoms with E-state index in [1.54, 1.807) is 18.2 Å². The van der Waals surface area contributed by atoms with Crippen LogP contribution in [0.15, 0.2) is 24.3 Å². The van der Waals surface area contributed by atoms with Crippen molar-refractivity contribution in [3.05, 3.63) is 34.7 Å². The van der Waals surface area contributed by atoms with Crippen LogP contribution < -0.4 is 0 Å². The second-order valence-electron chi connectivity index (χ2n) is 2.36. The van der Waals surface area contributed by atoms with Crippen LogP contribution in [0.4, 0.5) is 5.69 Å². The number of hydrogen-bond donors (Lipinski definition) is 1.